The van der Waals surface area contributed by atoms with Gasteiger partial charge in [-0.15, -0.1) is 6.42 Å². The summed E-state index contributed by atoms with van der Waals surface area (Å²) < 4.78 is 24.3. The number of fused-ring (bicyclic) bond motifs is 1. The molecule has 1 aromatic heterocycles. The van der Waals surface area contributed by atoms with E-state index >= 15 is 0 Å². The van der Waals surface area contributed by atoms with Gasteiger partial charge in [-0.1, -0.05) is 36.3 Å². The van der Waals surface area contributed by atoms with Crippen molar-refractivity contribution in [1.29, 1.82) is 0 Å². The Labute approximate surface area is 323 Å². The van der Waals surface area contributed by atoms with Crippen molar-refractivity contribution in [1.82, 2.24) is 29.6 Å². The summed E-state index contributed by atoms with van der Waals surface area (Å²) in [6.45, 7) is 17.6. The van der Waals surface area contributed by atoms with Gasteiger partial charge in [0, 0.05) is 76.3 Å². The molecule has 0 saturated carbocycles. The monoisotopic (exact) mass is 748 g/mol. The van der Waals surface area contributed by atoms with Crippen molar-refractivity contribution in [2.24, 2.45) is 5.92 Å². The van der Waals surface area contributed by atoms with Crippen LogP contribution in [0.3, 0.4) is 0 Å². The molecule has 0 radical (unpaired) electrons. The summed E-state index contributed by atoms with van der Waals surface area (Å²) >= 11 is 0. The first-order valence-electron chi connectivity index (χ1n) is 20.1. The van der Waals surface area contributed by atoms with Gasteiger partial charge in [-0.25, -0.2) is 4.98 Å². The number of aryl methyl sites for hydroxylation is 1. The number of nitrogens with zero attached hydrogens (tertiary/aromatic N) is 5. The van der Waals surface area contributed by atoms with E-state index in [9.17, 15) is 9.59 Å². The molecule has 1 N–H and O–H groups in total. The molecule has 3 aliphatic heterocycles. The van der Waals surface area contributed by atoms with E-state index in [0.29, 0.717) is 89.9 Å². The fourth-order valence-electron chi connectivity index (χ4n) is 8.50. The van der Waals surface area contributed by atoms with Gasteiger partial charge in [0.15, 0.2) is 0 Å². The Balaban J connectivity index is 0.990. The van der Waals surface area contributed by atoms with Crippen molar-refractivity contribution in [2.75, 3.05) is 85.6 Å². The summed E-state index contributed by atoms with van der Waals surface area (Å²) in [4.78, 5) is 37.5. The molecule has 0 aliphatic carbocycles. The molecule has 1 aromatic carbocycles. The van der Waals surface area contributed by atoms with Gasteiger partial charge in [0.25, 0.3) is 0 Å². The largest absolute Gasteiger partial charge is 0.378 e. The van der Waals surface area contributed by atoms with Gasteiger partial charge in [0.05, 0.1) is 64.5 Å². The molecule has 4 atom stereocenters. The molecule has 2 amide bonds. The molecule has 2 fully saturated rings. The van der Waals surface area contributed by atoms with Crippen LogP contribution in [-0.2, 0) is 41.5 Å². The summed E-state index contributed by atoms with van der Waals surface area (Å²) in [6.07, 6.45) is 10.9. The summed E-state index contributed by atoms with van der Waals surface area (Å²) in [6, 6.07) is 11.6. The second kappa shape index (κ2) is 21.7. The fourth-order valence-corrected chi connectivity index (χ4v) is 8.50. The first kappa shape index (κ1) is 41.8. The Kier molecular flexibility index (Phi) is 16.8. The number of imidazole rings is 1. The number of terminal acetylenes is 1. The van der Waals surface area contributed by atoms with Gasteiger partial charge in [0.2, 0.25) is 11.8 Å². The van der Waals surface area contributed by atoms with Gasteiger partial charge < -0.3 is 38.6 Å². The highest BCUT2D eigenvalue weighted by molar-refractivity contribution is 5.77. The van der Waals surface area contributed by atoms with Crippen LogP contribution in [0.1, 0.15) is 87.7 Å². The molecule has 2 aromatic rings. The van der Waals surface area contributed by atoms with Crippen molar-refractivity contribution in [3.8, 4) is 12.3 Å². The van der Waals surface area contributed by atoms with E-state index in [1.165, 1.54) is 18.5 Å². The Morgan fingerprint density at radius 1 is 0.981 bits per heavy atom. The number of hydrogen-bond acceptors (Lipinski definition) is 9. The predicted octanol–water partition coefficient (Wildman–Crippen LogP) is 4.17. The van der Waals surface area contributed by atoms with Crippen LogP contribution in [0.2, 0.25) is 0 Å². The van der Waals surface area contributed by atoms with E-state index in [1.807, 2.05) is 23.1 Å². The number of ether oxygens (including phenoxy) is 4. The summed E-state index contributed by atoms with van der Waals surface area (Å²) in [7, 11) is 0. The number of carbonyl (C=O) groups is 2. The zero-order valence-corrected chi connectivity index (χ0v) is 33.2. The van der Waals surface area contributed by atoms with Crippen LogP contribution >= 0.6 is 0 Å². The fraction of sp³-hybridized carbons (Fsp3) is 0.690. The number of rotatable bonds is 23. The number of hydrogen-bond donors (Lipinski definition) is 1. The van der Waals surface area contributed by atoms with Crippen molar-refractivity contribution < 1.29 is 28.5 Å². The average molecular weight is 749 g/mol. The highest BCUT2D eigenvalue weighted by atomic mass is 16.6. The standard InChI is InChI=1S/C42H64N6O6/c1-6-19-51-21-23-53-25-26-54-24-22-52-20-18-45-29-36(30-45)28-42(50)46-16-15-41-40(31-46)43-34(4)48(41)33(3)27-38-13-12-32(2)47(38)17-14-39(44-35(5)49)37-10-8-7-9-11-37/h1,7-11,32-33,36,38-39H,12-31H2,2-5H3,(H,44,49). The van der Waals surface area contributed by atoms with Gasteiger partial charge in [-0.05, 0) is 57.9 Å². The minimum atomic E-state index is 0.00780. The maximum Gasteiger partial charge on any atom is 0.223 e. The van der Waals surface area contributed by atoms with Crippen molar-refractivity contribution in [3.05, 3.63) is 53.1 Å². The highest BCUT2D eigenvalue weighted by Gasteiger charge is 2.35. The number of aromatic nitrogens is 2. The summed E-state index contributed by atoms with van der Waals surface area (Å²) in [5.74, 6) is 4.12. The lowest BCUT2D eigenvalue weighted by molar-refractivity contribution is -0.134. The number of amides is 2. The molecule has 3 aliphatic rings. The molecule has 12 heteroatoms. The molecular formula is C42H64N6O6. The van der Waals surface area contributed by atoms with Crippen molar-refractivity contribution >= 4 is 11.8 Å². The number of likely N-dealkylation sites (tertiary alicyclic amines) is 2. The molecule has 4 heterocycles. The first-order valence-corrected chi connectivity index (χ1v) is 20.1. The van der Waals surface area contributed by atoms with Crippen LogP contribution in [0.4, 0.5) is 0 Å². The topological polar surface area (TPSA) is 111 Å². The molecule has 12 nitrogen and oxygen atoms in total. The van der Waals surface area contributed by atoms with Gasteiger partial charge in [-0.2, -0.15) is 0 Å². The Morgan fingerprint density at radius 3 is 2.35 bits per heavy atom. The first-order chi connectivity index (χ1) is 26.2. The number of nitrogens with one attached hydrogen (secondary N) is 1. The molecule has 2 saturated heterocycles. The second-order valence-electron chi connectivity index (χ2n) is 15.3. The van der Waals surface area contributed by atoms with E-state index in [-0.39, 0.29) is 17.9 Å². The summed E-state index contributed by atoms with van der Waals surface area (Å²) in [5, 5.41) is 3.18. The average Bonchev–Trinajstić information content (AvgIpc) is 3.67. The smallest absolute Gasteiger partial charge is 0.223 e. The zero-order valence-electron chi connectivity index (χ0n) is 33.2. The molecule has 54 heavy (non-hydrogen) atoms. The third-order valence-electron chi connectivity index (χ3n) is 11.2. The van der Waals surface area contributed by atoms with E-state index in [4.69, 9.17) is 30.4 Å². The minimum absolute atomic E-state index is 0.00780. The molecule has 5 rings (SSSR count). The minimum Gasteiger partial charge on any atom is -0.378 e. The van der Waals surface area contributed by atoms with E-state index < -0.39 is 0 Å². The molecule has 0 bridgehead atoms. The predicted molar refractivity (Wildman–Crippen MR) is 209 cm³/mol. The normalized spacial score (nSPS) is 20.3. The lowest BCUT2D eigenvalue weighted by Crippen LogP contribution is -2.50. The third kappa shape index (κ3) is 12.4. The van der Waals surface area contributed by atoms with Gasteiger partial charge in [0.1, 0.15) is 12.4 Å². The lowest BCUT2D eigenvalue weighted by Gasteiger charge is -2.40. The zero-order chi connectivity index (χ0) is 38.3. The highest BCUT2D eigenvalue weighted by Crippen LogP contribution is 2.34. The Bertz CT molecular complexity index is 1490. The van der Waals surface area contributed by atoms with E-state index in [1.54, 1.807) is 6.92 Å². The Hall–Kier alpha value is -3.31. The molecule has 4 unspecified atom stereocenters. The van der Waals surface area contributed by atoms with E-state index in [2.05, 4.69) is 58.5 Å². The number of carbonyl (C=O) groups excluding carboxylic acids is 2. The second-order valence-corrected chi connectivity index (χ2v) is 15.3. The molecular weight excluding hydrogens is 684 g/mol. The lowest BCUT2D eigenvalue weighted by atomic mass is 9.95. The van der Waals surface area contributed by atoms with Crippen LogP contribution in [-0.4, -0.2) is 134 Å². The quantitative estimate of drug-likeness (QED) is 0.132. The maximum atomic E-state index is 13.4. The van der Waals surface area contributed by atoms with Crippen LogP contribution in [0.5, 0.6) is 0 Å². The van der Waals surface area contributed by atoms with Crippen LogP contribution in [0.15, 0.2) is 30.3 Å². The maximum absolute atomic E-state index is 13.4. The molecule has 298 valence electrons. The van der Waals surface area contributed by atoms with Gasteiger partial charge >= 0.3 is 0 Å². The van der Waals surface area contributed by atoms with Crippen LogP contribution in [0, 0.1) is 25.2 Å². The van der Waals surface area contributed by atoms with E-state index in [0.717, 1.165) is 69.1 Å². The van der Waals surface area contributed by atoms with Crippen molar-refractivity contribution in [2.45, 2.75) is 96.9 Å². The van der Waals surface area contributed by atoms with Crippen LogP contribution in [0.25, 0.3) is 0 Å². The summed E-state index contributed by atoms with van der Waals surface area (Å²) in [5.41, 5.74) is 3.52. The Morgan fingerprint density at radius 2 is 1.67 bits per heavy atom. The molecule has 0 spiro atoms. The number of benzene rings is 1. The SMILES string of the molecule is C#CCOCCOCCOCCOCCN1CC(CC(=O)N2CCc3c(nc(C)n3C(C)CC3CCC(C)N3CCC(NC(C)=O)c3ccccc3)C2)C1. The van der Waals surface area contributed by atoms with Crippen molar-refractivity contribution in [3.63, 3.8) is 0 Å². The third-order valence-corrected chi connectivity index (χ3v) is 11.2. The van der Waals surface area contributed by atoms with Gasteiger partial charge in [-0.3, -0.25) is 14.5 Å². The van der Waals surface area contributed by atoms with Crippen LogP contribution < -0.4 is 5.32 Å².